The second-order valence-electron chi connectivity index (χ2n) is 4.98. The quantitative estimate of drug-likeness (QED) is 0.786. The molecule has 1 aliphatic rings. The summed E-state index contributed by atoms with van der Waals surface area (Å²) in [6.45, 7) is 1.81. The molecule has 2 rings (SSSR count). The van der Waals surface area contributed by atoms with Crippen molar-refractivity contribution in [2.75, 3.05) is 0 Å². The number of nitrogens with zero attached hydrogens (tertiary/aromatic N) is 1. The highest BCUT2D eigenvalue weighted by Gasteiger charge is 2.38. The molecule has 0 saturated heterocycles. The van der Waals surface area contributed by atoms with Gasteiger partial charge in [-0.15, -0.1) is 11.3 Å². The monoisotopic (exact) mass is 270 g/mol. The second kappa shape index (κ2) is 5.24. The van der Waals surface area contributed by atoms with Gasteiger partial charge >= 0.3 is 6.09 Å². The lowest BCUT2D eigenvalue weighted by molar-refractivity contribution is -0.0245. The lowest BCUT2D eigenvalue weighted by Gasteiger charge is -2.36. The van der Waals surface area contributed by atoms with Crippen molar-refractivity contribution in [3.05, 3.63) is 16.6 Å². The minimum Gasteiger partial charge on any atom is -0.465 e. The first-order chi connectivity index (χ1) is 8.50. The molecule has 1 aliphatic carbocycles. The molecule has 0 aromatic carbocycles. The van der Waals surface area contributed by atoms with Gasteiger partial charge in [0.1, 0.15) is 10.6 Å². The average Bonchev–Trinajstić information content (AvgIpc) is 2.83. The molecule has 0 radical (unpaired) electrons. The molecule has 1 heterocycles. The van der Waals surface area contributed by atoms with Gasteiger partial charge in [-0.1, -0.05) is 0 Å². The molecule has 1 fully saturated rings. The lowest BCUT2D eigenvalue weighted by atomic mass is 9.76. The number of aliphatic hydroxyl groups is 1. The fourth-order valence-electron chi connectivity index (χ4n) is 2.62. The Balaban J connectivity index is 1.95. The highest BCUT2D eigenvalue weighted by Crippen LogP contribution is 2.39. The minimum absolute atomic E-state index is 0.0193. The van der Waals surface area contributed by atoms with E-state index >= 15 is 0 Å². The molecule has 5 nitrogen and oxygen atoms in total. The van der Waals surface area contributed by atoms with Crippen molar-refractivity contribution < 1.29 is 15.0 Å². The van der Waals surface area contributed by atoms with Crippen molar-refractivity contribution in [2.24, 2.45) is 5.92 Å². The van der Waals surface area contributed by atoms with E-state index in [9.17, 15) is 9.90 Å². The van der Waals surface area contributed by atoms with Crippen LogP contribution in [0.3, 0.4) is 0 Å². The standard InChI is InChI=1S/C12H18N2O3S/c1-12(17,10-13-6-7-18-10)8-2-4-9(5-3-8)14-11(15)16/h6-9,14,17H,2-5H2,1H3,(H,15,16)/t8-,9-,12?. The first-order valence-electron chi connectivity index (χ1n) is 6.12. The number of aromatic nitrogens is 1. The molecule has 1 aromatic rings. The number of nitrogens with one attached hydrogen (secondary N) is 1. The van der Waals surface area contributed by atoms with Crippen LogP contribution in [0, 0.1) is 5.92 Å². The van der Waals surface area contributed by atoms with Crippen LogP contribution in [-0.2, 0) is 5.60 Å². The second-order valence-corrected chi connectivity index (χ2v) is 5.88. The average molecular weight is 270 g/mol. The third-order valence-electron chi connectivity index (χ3n) is 3.72. The molecule has 1 aromatic heterocycles. The van der Waals surface area contributed by atoms with Gasteiger partial charge in [-0.25, -0.2) is 9.78 Å². The van der Waals surface area contributed by atoms with Gasteiger partial charge in [0, 0.05) is 17.6 Å². The van der Waals surface area contributed by atoms with Crippen LogP contribution in [0.15, 0.2) is 11.6 Å². The Morgan fingerprint density at radius 1 is 1.50 bits per heavy atom. The zero-order valence-electron chi connectivity index (χ0n) is 10.3. The molecule has 1 unspecified atom stereocenters. The van der Waals surface area contributed by atoms with Crippen LogP contribution in [0.1, 0.15) is 37.6 Å². The number of hydrogen-bond donors (Lipinski definition) is 3. The van der Waals surface area contributed by atoms with E-state index in [1.807, 2.05) is 5.38 Å². The summed E-state index contributed by atoms with van der Waals surface area (Å²) in [5.41, 5.74) is -0.900. The number of carbonyl (C=O) groups is 1. The molecule has 3 N–H and O–H groups in total. The summed E-state index contributed by atoms with van der Waals surface area (Å²) in [5, 5.41) is 24.4. The first kappa shape index (κ1) is 13.3. The van der Waals surface area contributed by atoms with Gasteiger partial charge in [0.2, 0.25) is 0 Å². The number of amides is 1. The predicted octanol–water partition coefficient (Wildman–Crippen LogP) is 2.18. The first-order valence-corrected chi connectivity index (χ1v) is 7.00. The van der Waals surface area contributed by atoms with Crippen molar-refractivity contribution >= 4 is 17.4 Å². The maximum Gasteiger partial charge on any atom is 0.404 e. The molecule has 0 spiro atoms. The zero-order valence-corrected chi connectivity index (χ0v) is 11.1. The van der Waals surface area contributed by atoms with Gasteiger partial charge in [-0.3, -0.25) is 0 Å². The third kappa shape index (κ3) is 2.81. The number of carboxylic acid groups (broad SMARTS) is 1. The van der Waals surface area contributed by atoms with Gasteiger partial charge in [0.15, 0.2) is 0 Å². The smallest absolute Gasteiger partial charge is 0.404 e. The molecule has 18 heavy (non-hydrogen) atoms. The van der Waals surface area contributed by atoms with Crippen LogP contribution in [0.25, 0.3) is 0 Å². The highest BCUT2D eigenvalue weighted by atomic mass is 32.1. The summed E-state index contributed by atoms with van der Waals surface area (Å²) in [4.78, 5) is 14.8. The molecule has 6 heteroatoms. The van der Waals surface area contributed by atoms with Gasteiger partial charge in [0.25, 0.3) is 0 Å². The van der Waals surface area contributed by atoms with E-state index in [1.54, 1.807) is 13.1 Å². The van der Waals surface area contributed by atoms with Crippen LogP contribution in [-0.4, -0.2) is 27.3 Å². The fourth-order valence-corrected chi connectivity index (χ4v) is 3.40. The fraction of sp³-hybridized carbons (Fsp3) is 0.667. The van der Waals surface area contributed by atoms with Gasteiger partial charge < -0.3 is 15.5 Å². The predicted molar refractivity (Wildman–Crippen MR) is 68.6 cm³/mol. The maximum absolute atomic E-state index is 10.6. The van der Waals surface area contributed by atoms with E-state index in [1.165, 1.54) is 11.3 Å². The topological polar surface area (TPSA) is 82.5 Å². The van der Waals surface area contributed by atoms with Crippen LogP contribution < -0.4 is 5.32 Å². The van der Waals surface area contributed by atoms with E-state index in [0.717, 1.165) is 30.7 Å². The largest absolute Gasteiger partial charge is 0.465 e. The zero-order chi connectivity index (χ0) is 13.2. The summed E-state index contributed by atoms with van der Waals surface area (Å²) < 4.78 is 0. The van der Waals surface area contributed by atoms with Crippen LogP contribution in [0.4, 0.5) is 4.79 Å². The van der Waals surface area contributed by atoms with Crippen LogP contribution in [0.5, 0.6) is 0 Å². The molecular formula is C12H18N2O3S. The Kier molecular flexibility index (Phi) is 3.87. The normalized spacial score (nSPS) is 27.4. The van der Waals surface area contributed by atoms with E-state index in [2.05, 4.69) is 10.3 Å². The Morgan fingerprint density at radius 2 is 2.17 bits per heavy atom. The molecule has 1 atom stereocenters. The van der Waals surface area contributed by atoms with Crippen molar-refractivity contribution in [3.63, 3.8) is 0 Å². The SMILES string of the molecule is CC(O)(c1nccs1)[C@H]1CC[C@H](NC(=O)O)CC1. The van der Waals surface area contributed by atoms with Crippen molar-refractivity contribution in [1.29, 1.82) is 0 Å². The molecule has 1 amide bonds. The van der Waals surface area contributed by atoms with E-state index in [4.69, 9.17) is 5.11 Å². The molecular weight excluding hydrogens is 252 g/mol. The van der Waals surface area contributed by atoms with Crippen molar-refractivity contribution in [2.45, 2.75) is 44.2 Å². The van der Waals surface area contributed by atoms with Crippen LogP contribution in [0.2, 0.25) is 0 Å². The van der Waals surface area contributed by atoms with Crippen molar-refractivity contribution in [1.82, 2.24) is 10.3 Å². The number of thiazole rings is 1. The summed E-state index contributed by atoms with van der Waals surface area (Å²) in [6, 6.07) is 0.0193. The Labute approximate surface area is 110 Å². The molecule has 0 aliphatic heterocycles. The molecule has 100 valence electrons. The minimum atomic E-state index is -0.967. The van der Waals surface area contributed by atoms with Gasteiger partial charge in [0.05, 0.1) is 0 Å². The van der Waals surface area contributed by atoms with E-state index in [-0.39, 0.29) is 12.0 Å². The van der Waals surface area contributed by atoms with Gasteiger partial charge in [-0.2, -0.15) is 0 Å². The number of rotatable bonds is 3. The summed E-state index contributed by atoms with van der Waals surface area (Å²) >= 11 is 1.46. The number of hydrogen-bond acceptors (Lipinski definition) is 4. The van der Waals surface area contributed by atoms with E-state index in [0.29, 0.717) is 0 Å². The molecule has 1 saturated carbocycles. The Morgan fingerprint density at radius 3 is 2.67 bits per heavy atom. The maximum atomic E-state index is 10.6. The van der Waals surface area contributed by atoms with Gasteiger partial charge in [-0.05, 0) is 38.5 Å². The highest BCUT2D eigenvalue weighted by molar-refractivity contribution is 7.09. The summed E-state index contributed by atoms with van der Waals surface area (Å²) in [7, 11) is 0. The third-order valence-corrected chi connectivity index (χ3v) is 4.71. The van der Waals surface area contributed by atoms with Crippen molar-refractivity contribution in [3.8, 4) is 0 Å². The Bertz CT molecular complexity index is 397. The molecule has 0 bridgehead atoms. The van der Waals surface area contributed by atoms with Crippen LogP contribution >= 0.6 is 11.3 Å². The Hall–Kier alpha value is -1.14. The van der Waals surface area contributed by atoms with E-state index < -0.39 is 11.7 Å². The summed E-state index contributed by atoms with van der Waals surface area (Å²) in [5.74, 6) is 0.149. The summed E-state index contributed by atoms with van der Waals surface area (Å²) in [6.07, 6.45) is 3.92. The lowest BCUT2D eigenvalue weighted by Crippen LogP contribution is -2.41.